The highest BCUT2D eigenvalue weighted by molar-refractivity contribution is 5.75. The molecule has 1 aliphatic heterocycles. The molecule has 1 aromatic rings. The van der Waals surface area contributed by atoms with Crippen LogP contribution in [-0.4, -0.2) is 30.3 Å². The average molecular weight is 293 g/mol. The lowest BCUT2D eigenvalue weighted by atomic mass is 9.77. The van der Waals surface area contributed by atoms with Gasteiger partial charge in [0.1, 0.15) is 11.9 Å². The van der Waals surface area contributed by atoms with Gasteiger partial charge in [0.25, 0.3) is 0 Å². The Bertz CT molecular complexity index is 535. The molecule has 0 spiro atoms. The van der Waals surface area contributed by atoms with E-state index in [1.807, 2.05) is 0 Å². The Labute approximate surface area is 121 Å². The summed E-state index contributed by atoms with van der Waals surface area (Å²) in [6, 6.07) is 4.48. The second-order valence-corrected chi connectivity index (χ2v) is 5.02. The number of ether oxygens (including phenoxy) is 1. The molecule has 1 saturated heterocycles. The van der Waals surface area contributed by atoms with E-state index in [0.717, 1.165) is 0 Å². The minimum Gasteiger partial charge on any atom is -0.481 e. The highest BCUT2D eigenvalue weighted by atomic mass is 19.1. The zero-order valence-corrected chi connectivity index (χ0v) is 11.4. The molecule has 1 aromatic carbocycles. The number of aliphatic carboxylic acids is 1. The van der Waals surface area contributed by atoms with Crippen molar-refractivity contribution in [2.24, 2.45) is 11.0 Å². The fourth-order valence-corrected chi connectivity index (χ4v) is 2.80. The van der Waals surface area contributed by atoms with Crippen molar-refractivity contribution in [3.8, 4) is 0 Å². The van der Waals surface area contributed by atoms with Crippen molar-refractivity contribution in [1.82, 2.24) is 0 Å². The molecule has 6 nitrogen and oxygen atoms in total. The van der Waals surface area contributed by atoms with Crippen molar-refractivity contribution < 1.29 is 19.0 Å². The molecule has 1 aliphatic rings. The first-order valence-electron chi connectivity index (χ1n) is 6.73. The predicted octanol–water partition coefficient (Wildman–Crippen LogP) is 3.10. The third-order valence-electron chi connectivity index (χ3n) is 3.80. The smallest absolute Gasteiger partial charge is 0.313 e. The van der Waals surface area contributed by atoms with Crippen LogP contribution in [0.4, 0.5) is 4.39 Å². The Morgan fingerprint density at radius 3 is 2.52 bits per heavy atom. The number of carboxylic acids is 1. The molecule has 0 saturated carbocycles. The zero-order valence-electron chi connectivity index (χ0n) is 11.4. The molecule has 0 bridgehead atoms. The van der Waals surface area contributed by atoms with Crippen LogP contribution in [0, 0.1) is 11.7 Å². The molecule has 1 unspecified atom stereocenters. The number of nitrogens with zero attached hydrogens (tertiary/aromatic N) is 3. The molecule has 0 radical (unpaired) electrons. The number of carboxylic acid groups (broad SMARTS) is 1. The molecule has 21 heavy (non-hydrogen) atoms. The van der Waals surface area contributed by atoms with Gasteiger partial charge in [-0.1, -0.05) is 17.2 Å². The number of benzene rings is 1. The SMILES string of the molecule is [N-]=[N+]=NC(C(=O)O)[C@@H](c1ccc(F)cc1)C1CCOCC1. The van der Waals surface area contributed by atoms with E-state index >= 15 is 0 Å². The molecule has 1 fully saturated rings. The van der Waals surface area contributed by atoms with Gasteiger partial charge in [-0.25, -0.2) is 4.39 Å². The molecule has 0 aromatic heterocycles. The maximum Gasteiger partial charge on any atom is 0.313 e. The van der Waals surface area contributed by atoms with Crippen LogP contribution in [0.15, 0.2) is 29.4 Å². The van der Waals surface area contributed by atoms with E-state index in [-0.39, 0.29) is 11.7 Å². The molecule has 0 aliphatic carbocycles. The second kappa shape index (κ2) is 7.06. The monoisotopic (exact) mass is 293 g/mol. The van der Waals surface area contributed by atoms with Crippen LogP contribution in [-0.2, 0) is 9.53 Å². The third kappa shape index (κ3) is 3.71. The summed E-state index contributed by atoms with van der Waals surface area (Å²) in [7, 11) is 0. The van der Waals surface area contributed by atoms with Gasteiger partial charge in [0.15, 0.2) is 0 Å². The van der Waals surface area contributed by atoms with E-state index in [4.69, 9.17) is 10.3 Å². The molecule has 0 amide bonds. The molecule has 2 rings (SSSR count). The van der Waals surface area contributed by atoms with Crippen LogP contribution in [0.5, 0.6) is 0 Å². The van der Waals surface area contributed by atoms with Gasteiger partial charge in [0.2, 0.25) is 0 Å². The summed E-state index contributed by atoms with van der Waals surface area (Å²) in [5.41, 5.74) is 9.30. The van der Waals surface area contributed by atoms with E-state index in [9.17, 15) is 14.3 Å². The standard InChI is InChI=1S/C14H16FN3O3/c15-11-3-1-9(2-4-11)12(10-5-7-21-8-6-10)13(14(19)20)17-18-16/h1-4,10,12-13H,5-8H2,(H,19,20)/t12-,13?/m0/s1. The number of azide groups is 1. The fourth-order valence-electron chi connectivity index (χ4n) is 2.80. The zero-order chi connectivity index (χ0) is 15.2. The topological polar surface area (TPSA) is 95.3 Å². The van der Waals surface area contributed by atoms with Gasteiger partial charge >= 0.3 is 5.97 Å². The summed E-state index contributed by atoms with van der Waals surface area (Å²) < 4.78 is 18.4. The van der Waals surface area contributed by atoms with Gasteiger partial charge in [-0.2, -0.15) is 0 Å². The molecule has 112 valence electrons. The van der Waals surface area contributed by atoms with Crippen molar-refractivity contribution in [1.29, 1.82) is 0 Å². The quantitative estimate of drug-likeness (QED) is 0.513. The third-order valence-corrected chi connectivity index (χ3v) is 3.80. The second-order valence-electron chi connectivity index (χ2n) is 5.02. The number of hydrogen-bond acceptors (Lipinski definition) is 3. The van der Waals surface area contributed by atoms with Crippen LogP contribution >= 0.6 is 0 Å². The largest absolute Gasteiger partial charge is 0.481 e. The van der Waals surface area contributed by atoms with Gasteiger partial charge in [0, 0.05) is 24.0 Å². The van der Waals surface area contributed by atoms with E-state index in [2.05, 4.69) is 10.0 Å². The average Bonchev–Trinajstić information content (AvgIpc) is 2.49. The molecule has 7 heteroatoms. The van der Waals surface area contributed by atoms with Crippen LogP contribution in [0.2, 0.25) is 0 Å². The molecular weight excluding hydrogens is 277 g/mol. The summed E-state index contributed by atoms with van der Waals surface area (Å²) in [4.78, 5) is 14.1. The number of hydrogen-bond donors (Lipinski definition) is 1. The highest BCUT2D eigenvalue weighted by Gasteiger charge is 2.35. The van der Waals surface area contributed by atoms with Gasteiger partial charge in [-0.15, -0.1) is 0 Å². The Hall–Kier alpha value is -2.11. The Kier molecular flexibility index (Phi) is 5.14. The first-order chi connectivity index (χ1) is 10.1. The minimum absolute atomic E-state index is 0.0239. The lowest BCUT2D eigenvalue weighted by molar-refractivity contribution is -0.139. The van der Waals surface area contributed by atoms with Gasteiger partial charge in [0.05, 0.1) is 0 Å². The highest BCUT2D eigenvalue weighted by Crippen LogP contribution is 2.36. The van der Waals surface area contributed by atoms with Crippen LogP contribution in [0.1, 0.15) is 24.3 Å². The summed E-state index contributed by atoms with van der Waals surface area (Å²) in [6.07, 6.45) is 1.37. The summed E-state index contributed by atoms with van der Waals surface area (Å²) in [5, 5.41) is 12.8. The maximum atomic E-state index is 13.1. The lowest BCUT2D eigenvalue weighted by Crippen LogP contribution is -2.34. The summed E-state index contributed by atoms with van der Waals surface area (Å²) >= 11 is 0. The summed E-state index contributed by atoms with van der Waals surface area (Å²) in [6.45, 7) is 1.09. The van der Waals surface area contributed by atoms with Crippen molar-refractivity contribution in [3.63, 3.8) is 0 Å². The molecule has 1 heterocycles. The van der Waals surface area contributed by atoms with E-state index in [0.29, 0.717) is 31.6 Å². The summed E-state index contributed by atoms with van der Waals surface area (Å²) in [5.74, 6) is -2.02. The van der Waals surface area contributed by atoms with Crippen LogP contribution < -0.4 is 0 Å². The van der Waals surface area contributed by atoms with Crippen molar-refractivity contribution in [2.75, 3.05) is 13.2 Å². The van der Waals surface area contributed by atoms with E-state index in [1.54, 1.807) is 12.1 Å². The Morgan fingerprint density at radius 1 is 1.38 bits per heavy atom. The minimum atomic E-state index is -1.21. The maximum absolute atomic E-state index is 13.1. The van der Waals surface area contributed by atoms with E-state index < -0.39 is 17.9 Å². The normalized spacial score (nSPS) is 18.5. The molecule has 2 atom stereocenters. The molecular formula is C14H16FN3O3. The van der Waals surface area contributed by atoms with Crippen LogP contribution in [0.25, 0.3) is 10.4 Å². The van der Waals surface area contributed by atoms with E-state index in [1.165, 1.54) is 12.1 Å². The Morgan fingerprint density at radius 2 is 2.00 bits per heavy atom. The van der Waals surface area contributed by atoms with Crippen molar-refractivity contribution in [3.05, 3.63) is 46.1 Å². The van der Waals surface area contributed by atoms with Crippen molar-refractivity contribution >= 4 is 5.97 Å². The molecule has 1 N–H and O–H groups in total. The number of carbonyl (C=O) groups is 1. The van der Waals surface area contributed by atoms with Gasteiger partial charge in [-0.05, 0) is 42.0 Å². The predicted molar refractivity (Wildman–Crippen MR) is 73.3 cm³/mol. The number of halogens is 1. The Balaban J connectivity index is 2.38. The van der Waals surface area contributed by atoms with Gasteiger partial charge < -0.3 is 9.84 Å². The van der Waals surface area contributed by atoms with Gasteiger partial charge in [-0.3, -0.25) is 4.79 Å². The lowest BCUT2D eigenvalue weighted by Gasteiger charge is -2.32. The van der Waals surface area contributed by atoms with Crippen LogP contribution in [0.3, 0.4) is 0 Å². The van der Waals surface area contributed by atoms with Crippen molar-refractivity contribution in [2.45, 2.75) is 24.8 Å². The fraction of sp³-hybridized carbons (Fsp3) is 0.500. The first kappa shape index (κ1) is 15.3. The first-order valence-corrected chi connectivity index (χ1v) is 6.73. The number of rotatable bonds is 5.